The Hall–Kier alpha value is -2.33. The molecule has 0 saturated heterocycles. The molecule has 7 heteroatoms. The molecule has 3 rings (SSSR count). The summed E-state index contributed by atoms with van der Waals surface area (Å²) >= 11 is 1.42. The van der Waals surface area contributed by atoms with Gasteiger partial charge in [-0.25, -0.2) is 0 Å². The molecule has 0 unspecified atom stereocenters. The average molecular weight is 371 g/mol. The Kier molecular flexibility index (Phi) is 5.62. The van der Waals surface area contributed by atoms with Gasteiger partial charge >= 0.3 is 0 Å². The van der Waals surface area contributed by atoms with Gasteiger partial charge in [-0.05, 0) is 31.9 Å². The minimum atomic E-state index is -1.37. The number of ketones is 1. The minimum absolute atomic E-state index is 0.0422. The Morgan fingerprint density at radius 1 is 1.31 bits per heavy atom. The van der Waals surface area contributed by atoms with Gasteiger partial charge in [0.15, 0.2) is 11.7 Å². The Morgan fingerprint density at radius 3 is 2.73 bits per heavy atom. The third kappa shape index (κ3) is 3.91. The van der Waals surface area contributed by atoms with Crippen molar-refractivity contribution in [2.45, 2.75) is 55.2 Å². The molecule has 1 aromatic rings. The molecule has 1 fully saturated rings. The highest BCUT2D eigenvalue weighted by molar-refractivity contribution is 8.00. The minimum Gasteiger partial charge on any atom is -0.352 e. The largest absolute Gasteiger partial charge is 0.352 e. The zero-order valence-corrected chi connectivity index (χ0v) is 15.4. The first-order valence-electron chi connectivity index (χ1n) is 8.85. The normalized spacial score (nSPS) is 21.1. The number of Topliss-reactive ketones (excluding diaryl/α,β-unsaturated/α-hetero) is 1. The molecule has 0 radical (unpaired) electrons. The van der Waals surface area contributed by atoms with E-state index in [1.165, 1.54) is 11.8 Å². The number of amides is 2. The summed E-state index contributed by atoms with van der Waals surface area (Å²) in [5, 5.41) is 14.8. The van der Waals surface area contributed by atoms with E-state index in [4.69, 9.17) is 0 Å². The van der Waals surface area contributed by atoms with Crippen LogP contribution in [0.5, 0.6) is 0 Å². The summed E-state index contributed by atoms with van der Waals surface area (Å²) < 4.78 is 0. The van der Waals surface area contributed by atoms with Crippen LogP contribution in [0.1, 0.15) is 49.4 Å². The van der Waals surface area contributed by atoms with Gasteiger partial charge in [-0.3, -0.25) is 14.4 Å². The van der Waals surface area contributed by atoms with Crippen LogP contribution in [0.4, 0.5) is 5.69 Å². The number of thioether (sulfide) groups is 1. The first-order valence-corrected chi connectivity index (χ1v) is 9.73. The van der Waals surface area contributed by atoms with Crippen LogP contribution >= 0.6 is 11.8 Å². The molecule has 1 aliphatic heterocycles. The van der Waals surface area contributed by atoms with Crippen molar-refractivity contribution in [2.24, 2.45) is 5.92 Å². The van der Waals surface area contributed by atoms with Crippen LogP contribution in [-0.4, -0.2) is 28.9 Å². The molecule has 1 aliphatic carbocycles. The molecule has 0 spiro atoms. The van der Waals surface area contributed by atoms with E-state index in [2.05, 4.69) is 10.6 Å². The number of benzene rings is 1. The quantitative estimate of drug-likeness (QED) is 0.626. The molecule has 1 saturated carbocycles. The maximum atomic E-state index is 12.7. The number of rotatable bonds is 4. The molecule has 2 aliphatic rings. The second-order valence-electron chi connectivity index (χ2n) is 6.73. The van der Waals surface area contributed by atoms with Gasteiger partial charge in [-0.15, -0.1) is 11.8 Å². The second kappa shape index (κ2) is 7.92. The number of anilines is 1. The van der Waals surface area contributed by atoms with Crippen molar-refractivity contribution in [3.63, 3.8) is 0 Å². The summed E-state index contributed by atoms with van der Waals surface area (Å²) in [5.74, 6) is -2.57. The Labute approximate surface area is 156 Å². The molecule has 26 heavy (non-hydrogen) atoms. The molecular weight excluding hydrogens is 350 g/mol. The van der Waals surface area contributed by atoms with Crippen LogP contribution in [0.15, 0.2) is 23.1 Å². The number of hydrogen-bond donors (Lipinski definition) is 2. The molecule has 2 N–H and O–H groups in total. The number of nitrogens with one attached hydrogen (secondary N) is 2. The van der Waals surface area contributed by atoms with Gasteiger partial charge in [-0.1, -0.05) is 25.3 Å². The van der Waals surface area contributed by atoms with E-state index in [0.29, 0.717) is 5.69 Å². The number of carbonyl (C=O) groups is 3. The van der Waals surface area contributed by atoms with Crippen molar-refractivity contribution < 1.29 is 14.4 Å². The molecule has 136 valence electrons. The van der Waals surface area contributed by atoms with Gasteiger partial charge in [0, 0.05) is 16.5 Å². The Morgan fingerprint density at radius 2 is 2.04 bits per heavy atom. The van der Waals surface area contributed by atoms with Crippen LogP contribution < -0.4 is 10.6 Å². The lowest BCUT2D eigenvalue weighted by Crippen LogP contribution is -2.42. The first-order chi connectivity index (χ1) is 12.5. The van der Waals surface area contributed by atoms with E-state index in [0.717, 1.165) is 37.0 Å². The van der Waals surface area contributed by atoms with Crippen molar-refractivity contribution in [3.05, 3.63) is 23.8 Å². The molecule has 0 bridgehead atoms. The zero-order valence-electron chi connectivity index (χ0n) is 14.6. The summed E-state index contributed by atoms with van der Waals surface area (Å²) in [6.45, 7) is 1.81. The van der Waals surface area contributed by atoms with Crippen molar-refractivity contribution >= 4 is 35.0 Å². The first kappa shape index (κ1) is 18.5. The second-order valence-corrected chi connectivity index (χ2v) is 8.11. The van der Waals surface area contributed by atoms with Crippen LogP contribution in [0.25, 0.3) is 0 Å². The lowest BCUT2D eigenvalue weighted by atomic mass is 9.93. The summed E-state index contributed by atoms with van der Waals surface area (Å²) in [6.07, 6.45) is 5.04. The SMILES string of the molecule is C[C@@H]1Sc2ccc(C(=O)[C@@H](C#N)C(=O)NC3CCCCC3)cc2NC1=O. The third-order valence-corrected chi connectivity index (χ3v) is 5.98. The standard InChI is InChI=1S/C19H21N3O3S/c1-11-18(24)22-15-9-12(7-8-16(15)26-11)17(23)14(10-20)19(25)21-13-5-3-2-4-6-13/h7-9,11,13-14H,2-6H2,1H3,(H,21,25)(H,22,24)/t11-,14+/m0/s1. The summed E-state index contributed by atoms with van der Waals surface area (Å²) in [7, 11) is 0. The predicted octanol–water partition coefficient (Wildman–Crippen LogP) is 2.89. The van der Waals surface area contributed by atoms with E-state index >= 15 is 0 Å². The monoisotopic (exact) mass is 371 g/mol. The van der Waals surface area contributed by atoms with Crippen molar-refractivity contribution in [1.82, 2.24) is 5.32 Å². The topological polar surface area (TPSA) is 99.1 Å². The maximum absolute atomic E-state index is 12.7. The highest BCUT2D eigenvalue weighted by Crippen LogP contribution is 2.36. The van der Waals surface area contributed by atoms with Gasteiger partial charge in [0.2, 0.25) is 11.8 Å². The van der Waals surface area contributed by atoms with Gasteiger partial charge in [0.05, 0.1) is 17.0 Å². The van der Waals surface area contributed by atoms with E-state index in [-0.39, 0.29) is 22.8 Å². The molecule has 2 amide bonds. The van der Waals surface area contributed by atoms with Gasteiger partial charge in [0.25, 0.3) is 0 Å². The van der Waals surface area contributed by atoms with Crippen LogP contribution in [-0.2, 0) is 9.59 Å². The molecule has 0 aromatic heterocycles. The van der Waals surface area contributed by atoms with Gasteiger partial charge in [0.1, 0.15) is 0 Å². The van der Waals surface area contributed by atoms with E-state index in [9.17, 15) is 19.6 Å². The smallest absolute Gasteiger partial charge is 0.245 e. The molecule has 6 nitrogen and oxygen atoms in total. The average Bonchev–Trinajstić information content (AvgIpc) is 2.63. The lowest BCUT2D eigenvalue weighted by Gasteiger charge is -2.24. The van der Waals surface area contributed by atoms with Crippen molar-refractivity contribution in [3.8, 4) is 6.07 Å². The predicted molar refractivity (Wildman–Crippen MR) is 98.8 cm³/mol. The highest BCUT2D eigenvalue weighted by Gasteiger charge is 2.31. The third-order valence-electron chi connectivity index (χ3n) is 4.80. The highest BCUT2D eigenvalue weighted by atomic mass is 32.2. The zero-order chi connectivity index (χ0) is 18.7. The summed E-state index contributed by atoms with van der Waals surface area (Å²) in [6, 6.07) is 6.78. The van der Waals surface area contributed by atoms with Crippen LogP contribution in [0, 0.1) is 17.2 Å². The van der Waals surface area contributed by atoms with Crippen LogP contribution in [0.2, 0.25) is 0 Å². The Bertz CT molecular complexity index is 781. The molecule has 1 aromatic carbocycles. The fraction of sp³-hybridized carbons (Fsp3) is 0.474. The van der Waals surface area contributed by atoms with Gasteiger partial charge < -0.3 is 10.6 Å². The number of fused-ring (bicyclic) bond motifs is 1. The molecule has 1 heterocycles. The van der Waals surface area contributed by atoms with Gasteiger partial charge in [-0.2, -0.15) is 5.26 Å². The maximum Gasteiger partial charge on any atom is 0.245 e. The van der Waals surface area contributed by atoms with E-state index < -0.39 is 17.6 Å². The number of nitrogens with zero attached hydrogens (tertiary/aromatic N) is 1. The molecular formula is C19H21N3O3S. The number of nitriles is 1. The number of carbonyl (C=O) groups excluding carboxylic acids is 3. The summed E-state index contributed by atoms with van der Waals surface area (Å²) in [4.78, 5) is 37.8. The lowest BCUT2D eigenvalue weighted by molar-refractivity contribution is -0.123. The fourth-order valence-corrected chi connectivity index (χ4v) is 4.23. The Balaban J connectivity index is 1.74. The van der Waals surface area contributed by atoms with E-state index in [1.807, 2.05) is 13.0 Å². The number of hydrogen-bond acceptors (Lipinski definition) is 5. The van der Waals surface area contributed by atoms with Crippen LogP contribution in [0.3, 0.4) is 0 Å². The summed E-state index contributed by atoms with van der Waals surface area (Å²) in [5.41, 5.74) is 0.804. The molecule has 2 atom stereocenters. The fourth-order valence-electron chi connectivity index (χ4n) is 3.30. The van der Waals surface area contributed by atoms with Crippen molar-refractivity contribution in [2.75, 3.05) is 5.32 Å². The van der Waals surface area contributed by atoms with Crippen molar-refractivity contribution in [1.29, 1.82) is 5.26 Å². The van der Waals surface area contributed by atoms with E-state index in [1.54, 1.807) is 18.2 Å².